The van der Waals surface area contributed by atoms with E-state index < -0.39 is 0 Å². The maximum absolute atomic E-state index is 4.80. The van der Waals surface area contributed by atoms with Gasteiger partial charge in [-0.15, -0.1) is 0 Å². The molecule has 0 atom stereocenters. The molecular formula is C22H31N7S. The Kier molecular flexibility index (Phi) is 8.24. The summed E-state index contributed by atoms with van der Waals surface area (Å²) in [6.07, 6.45) is 6.11. The van der Waals surface area contributed by atoms with Crippen molar-refractivity contribution in [2.75, 3.05) is 37.3 Å². The molecule has 1 fully saturated rings. The van der Waals surface area contributed by atoms with Crippen molar-refractivity contribution in [1.29, 1.82) is 0 Å². The number of nitrogens with one attached hydrogen (secondary N) is 2. The van der Waals surface area contributed by atoms with Crippen molar-refractivity contribution in [2.45, 2.75) is 26.8 Å². The molecule has 1 aromatic heterocycles. The van der Waals surface area contributed by atoms with E-state index in [1.54, 1.807) is 11.9 Å². The molecule has 0 bridgehead atoms. The second-order valence-corrected chi connectivity index (χ2v) is 8.29. The fourth-order valence-corrected chi connectivity index (χ4v) is 3.55. The van der Waals surface area contributed by atoms with E-state index in [0.717, 1.165) is 43.4 Å². The quantitative estimate of drug-likeness (QED) is 0.304. The van der Waals surface area contributed by atoms with E-state index in [1.807, 2.05) is 43.3 Å². The van der Waals surface area contributed by atoms with E-state index in [1.165, 1.54) is 0 Å². The molecule has 2 aromatic rings. The van der Waals surface area contributed by atoms with Crippen molar-refractivity contribution >= 4 is 41.6 Å². The number of benzene rings is 1. The molecule has 0 spiro atoms. The molecule has 1 aliphatic heterocycles. The Morgan fingerprint density at radius 3 is 2.50 bits per heavy atom. The molecule has 7 nitrogen and oxygen atoms in total. The molecule has 8 heteroatoms. The maximum Gasteiger partial charge on any atom is 0.160 e. The number of nitrogens with zero attached hydrogens (tertiary/aromatic N) is 5. The fourth-order valence-electron chi connectivity index (χ4n) is 3.02. The lowest BCUT2D eigenvalue weighted by Crippen LogP contribution is -2.43. The minimum absolute atomic E-state index is 0.313. The van der Waals surface area contributed by atoms with Crippen LogP contribution in [-0.2, 0) is 0 Å². The molecule has 0 amide bonds. The van der Waals surface area contributed by atoms with Gasteiger partial charge in [0.05, 0.1) is 0 Å². The number of piperazine rings is 1. The third-order valence-electron chi connectivity index (χ3n) is 4.59. The Bertz CT molecular complexity index is 859. The number of aliphatic imine (C=N–C) groups is 1. The zero-order valence-electron chi connectivity index (χ0n) is 18.2. The normalized spacial score (nSPS) is 15.9. The summed E-state index contributed by atoms with van der Waals surface area (Å²) >= 11 is 1.80. The lowest BCUT2D eigenvalue weighted by molar-refractivity contribution is 0.429. The van der Waals surface area contributed by atoms with Gasteiger partial charge in [-0.05, 0) is 38.7 Å². The molecule has 3 rings (SSSR count). The summed E-state index contributed by atoms with van der Waals surface area (Å²) in [6, 6.07) is 12.5. The van der Waals surface area contributed by atoms with Crippen LogP contribution < -0.4 is 15.8 Å². The van der Waals surface area contributed by atoms with Gasteiger partial charge in [0.15, 0.2) is 11.6 Å². The average molecular weight is 426 g/mol. The van der Waals surface area contributed by atoms with Crippen LogP contribution in [0.15, 0.2) is 41.4 Å². The summed E-state index contributed by atoms with van der Waals surface area (Å²) in [7, 11) is 0. The lowest BCUT2D eigenvalue weighted by atomic mass is 10.2. The number of hydrogen-bond donors (Lipinski definition) is 2. The fraction of sp³-hybridized carbons (Fsp3) is 0.409. The van der Waals surface area contributed by atoms with E-state index in [-0.39, 0.29) is 0 Å². The molecule has 1 aliphatic rings. The van der Waals surface area contributed by atoms with Crippen molar-refractivity contribution in [3.63, 3.8) is 0 Å². The second kappa shape index (κ2) is 11.1. The Labute approximate surface area is 183 Å². The van der Waals surface area contributed by atoms with Crippen molar-refractivity contribution in [1.82, 2.24) is 25.1 Å². The zero-order chi connectivity index (χ0) is 21.3. The van der Waals surface area contributed by atoms with Gasteiger partial charge in [-0.1, -0.05) is 48.4 Å². The van der Waals surface area contributed by atoms with Crippen LogP contribution >= 0.6 is 11.9 Å². The molecule has 1 saturated heterocycles. The van der Waals surface area contributed by atoms with E-state index in [2.05, 4.69) is 62.3 Å². The predicted octanol–water partition coefficient (Wildman–Crippen LogP) is 3.60. The topological polar surface area (TPSA) is 68.7 Å². The molecule has 0 aliphatic carbocycles. The van der Waals surface area contributed by atoms with E-state index >= 15 is 0 Å². The van der Waals surface area contributed by atoms with Gasteiger partial charge in [-0.25, -0.2) is 24.7 Å². The minimum Gasteiger partial charge on any atom is -0.354 e. The van der Waals surface area contributed by atoms with E-state index in [9.17, 15) is 0 Å². The van der Waals surface area contributed by atoms with Crippen molar-refractivity contribution in [3.8, 4) is 0 Å². The van der Waals surface area contributed by atoms with Crippen LogP contribution in [0.2, 0.25) is 0 Å². The van der Waals surface area contributed by atoms with Crippen LogP contribution in [0.25, 0.3) is 12.2 Å². The SMILES string of the molecule is CSN1CCN(c2cc(/N=C(\C)NNC(C)C)nc(/C=C/c3ccccc3)n2)CC1. The summed E-state index contributed by atoms with van der Waals surface area (Å²) in [5.74, 6) is 2.99. The van der Waals surface area contributed by atoms with Gasteiger partial charge in [0, 0.05) is 38.3 Å². The molecule has 0 unspecified atom stereocenters. The maximum atomic E-state index is 4.80. The highest BCUT2D eigenvalue weighted by Gasteiger charge is 2.18. The summed E-state index contributed by atoms with van der Waals surface area (Å²) in [5, 5.41) is 0. The van der Waals surface area contributed by atoms with Crippen LogP contribution in [0.3, 0.4) is 0 Å². The summed E-state index contributed by atoms with van der Waals surface area (Å²) in [6.45, 7) is 9.97. The van der Waals surface area contributed by atoms with Gasteiger partial charge < -0.3 is 10.3 Å². The number of rotatable bonds is 7. The van der Waals surface area contributed by atoms with Crippen molar-refractivity contribution < 1.29 is 0 Å². The van der Waals surface area contributed by atoms with Crippen molar-refractivity contribution in [3.05, 3.63) is 47.8 Å². The summed E-state index contributed by atoms with van der Waals surface area (Å²) in [5.41, 5.74) is 7.39. The van der Waals surface area contributed by atoms with Crippen molar-refractivity contribution in [2.24, 2.45) is 4.99 Å². The highest BCUT2D eigenvalue weighted by molar-refractivity contribution is 7.96. The largest absolute Gasteiger partial charge is 0.354 e. The number of amidine groups is 1. The number of anilines is 1. The molecular weight excluding hydrogens is 394 g/mol. The Hall–Kier alpha value is -2.42. The highest BCUT2D eigenvalue weighted by atomic mass is 32.2. The third kappa shape index (κ3) is 6.83. The predicted molar refractivity (Wildman–Crippen MR) is 129 cm³/mol. The van der Waals surface area contributed by atoms with Gasteiger partial charge in [0.2, 0.25) is 0 Å². The molecule has 0 saturated carbocycles. The monoisotopic (exact) mass is 425 g/mol. The summed E-state index contributed by atoms with van der Waals surface area (Å²) < 4.78 is 2.37. The van der Waals surface area contributed by atoms with Gasteiger partial charge in [0.1, 0.15) is 11.7 Å². The smallest absolute Gasteiger partial charge is 0.160 e. The number of aromatic nitrogens is 2. The first-order chi connectivity index (χ1) is 14.5. The van der Waals surface area contributed by atoms with Crippen LogP contribution in [-0.4, -0.2) is 58.6 Å². The number of hydrazine groups is 1. The standard InChI is InChI=1S/C22H31N7S/c1-17(2)26-27-18(3)23-21-16-22(28-12-14-29(30-4)15-13-28)25-20(24-21)11-10-19-8-6-5-7-9-19/h5-11,16-17,26H,12-15H2,1-4H3,(H,23,24,25,27)/b11-10+. The molecule has 2 N–H and O–H groups in total. The molecule has 1 aromatic carbocycles. The zero-order valence-corrected chi connectivity index (χ0v) is 19.0. The summed E-state index contributed by atoms with van der Waals surface area (Å²) in [4.78, 5) is 16.4. The molecule has 2 heterocycles. The van der Waals surface area contributed by atoms with Crippen LogP contribution in [0, 0.1) is 0 Å². The minimum atomic E-state index is 0.313. The van der Waals surface area contributed by atoms with Crippen LogP contribution in [0.5, 0.6) is 0 Å². The van der Waals surface area contributed by atoms with Crippen LogP contribution in [0.4, 0.5) is 11.6 Å². The van der Waals surface area contributed by atoms with Gasteiger partial charge in [0.25, 0.3) is 0 Å². The third-order valence-corrected chi connectivity index (χ3v) is 5.47. The van der Waals surface area contributed by atoms with Crippen LogP contribution in [0.1, 0.15) is 32.2 Å². The first-order valence-electron chi connectivity index (χ1n) is 10.3. The van der Waals surface area contributed by atoms with Gasteiger partial charge in [-0.3, -0.25) is 0 Å². The highest BCUT2D eigenvalue weighted by Crippen LogP contribution is 2.22. The molecule has 160 valence electrons. The first kappa shape index (κ1) is 22.3. The average Bonchev–Trinajstić information content (AvgIpc) is 2.77. The van der Waals surface area contributed by atoms with E-state index in [4.69, 9.17) is 4.98 Å². The van der Waals surface area contributed by atoms with Gasteiger partial charge >= 0.3 is 0 Å². The van der Waals surface area contributed by atoms with E-state index in [0.29, 0.717) is 17.7 Å². The molecule has 0 radical (unpaired) electrons. The lowest BCUT2D eigenvalue weighted by Gasteiger charge is -2.34. The van der Waals surface area contributed by atoms with Gasteiger partial charge in [-0.2, -0.15) is 0 Å². The Morgan fingerprint density at radius 1 is 1.10 bits per heavy atom. The Morgan fingerprint density at radius 2 is 1.83 bits per heavy atom. The molecule has 30 heavy (non-hydrogen) atoms. The number of hydrogen-bond acceptors (Lipinski definition) is 7. The Balaban J connectivity index is 1.85. The first-order valence-corrected chi connectivity index (χ1v) is 11.4. The second-order valence-electron chi connectivity index (χ2n) is 7.41.